The van der Waals surface area contributed by atoms with E-state index in [1.807, 2.05) is 30.3 Å². The van der Waals surface area contributed by atoms with E-state index in [0.717, 1.165) is 5.56 Å². The lowest BCUT2D eigenvalue weighted by Crippen LogP contribution is -2.33. The van der Waals surface area contributed by atoms with E-state index in [2.05, 4.69) is 25.8 Å². The molecule has 2 rings (SSSR count). The Bertz CT molecular complexity index is 829. The van der Waals surface area contributed by atoms with Crippen molar-refractivity contribution in [2.24, 2.45) is 5.41 Å². The van der Waals surface area contributed by atoms with Crippen LogP contribution in [0.5, 0.6) is 17.2 Å². The van der Waals surface area contributed by atoms with Gasteiger partial charge in [0.15, 0.2) is 11.5 Å². The molecule has 0 fully saturated rings. The fourth-order valence-electron chi connectivity index (χ4n) is 2.72. The molecule has 156 valence electrons. The Morgan fingerprint density at radius 1 is 1.14 bits per heavy atom. The van der Waals surface area contributed by atoms with Gasteiger partial charge in [0.05, 0.1) is 20.8 Å². The molecule has 0 saturated carbocycles. The lowest BCUT2D eigenvalue weighted by Gasteiger charge is -2.32. The Hall–Kier alpha value is -2.50. The van der Waals surface area contributed by atoms with Crippen LogP contribution in [0.3, 0.4) is 0 Å². The summed E-state index contributed by atoms with van der Waals surface area (Å²) >= 11 is 5.66. The third-order valence-corrected chi connectivity index (χ3v) is 4.26. The Labute approximate surface area is 177 Å². The summed E-state index contributed by atoms with van der Waals surface area (Å²) in [5, 5.41) is 0. The zero-order valence-corrected chi connectivity index (χ0v) is 18.3. The van der Waals surface area contributed by atoms with Gasteiger partial charge in [-0.25, -0.2) is 0 Å². The van der Waals surface area contributed by atoms with Gasteiger partial charge in [0.1, 0.15) is 17.6 Å². The van der Waals surface area contributed by atoms with Crippen molar-refractivity contribution in [1.82, 2.24) is 4.98 Å². The third kappa shape index (κ3) is 6.80. The summed E-state index contributed by atoms with van der Waals surface area (Å²) in [6, 6.07) is 9.25. The normalized spacial score (nSPS) is 13.4. The monoisotopic (exact) mass is 417 g/mol. The van der Waals surface area contributed by atoms with Gasteiger partial charge in [-0.2, -0.15) is 0 Å². The maximum absolute atomic E-state index is 6.33. The number of ether oxygens (including phenoxy) is 4. The highest BCUT2D eigenvalue weighted by Crippen LogP contribution is 2.36. The van der Waals surface area contributed by atoms with Crippen molar-refractivity contribution in [2.75, 3.05) is 20.8 Å². The molecule has 1 unspecified atom stereocenters. The first kappa shape index (κ1) is 22.8. The van der Waals surface area contributed by atoms with Gasteiger partial charge in [-0.3, -0.25) is 4.98 Å². The molecule has 0 amide bonds. The minimum Gasteiger partial charge on any atom is -0.497 e. The molecule has 1 atom stereocenters. The summed E-state index contributed by atoms with van der Waals surface area (Å²) < 4.78 is 23.2. The maximum Gasteiger partial charge on any atom is 0.169 e. The van der Waals surface area contributed by atoms with E-state index in [1.54, 1.807) is 38.8 Å². The molecular weight excluding hydrogens is 390 g/mol. The predicted octanol–water partition coefficient (Wildman–Crippen LogP) is 5.70. The number of hydrogen-bond acceptors (Lipinski definition) is 5. The van der Waals surface area contributed by atoms with Crippen LogP contribution in [0.15, 0.2) is 60.1 Å². The van der Waals surface area contributed by atoms with Crippen LogP contribution in [0.1, 0.15) is 26.3 Å². The largest absolute Gasteiger partial charge is 0.497 e. The highest BCUT2D eigenvalue weighted by atomic mass is 35.5. The quantitative estimate of drug-likeness (QED) is 0.489. The zero-order valence-electron chi connectivity index (χ0n) is 17.5. The van der Waals surface area contributed by atoms with Crippen LogP contribution in [0.25, 0.3) is 6.08 Å². The highest BCUT2D eigenvalue weighted by molar-refractivity contribution is 6.25. The van der Waals surface area contributed by atoms with Crippen molar-refractivity contribution in [3.05, 3.63) is 65.7 Å². The van der Waals surface area contributed by atoms with Crippen LogP contribution >= 0.6 is 11.6 Å². The van der Waals surface area contributed by atoms with E-state index in [1.165, 1.54) is 5.54 Å². The smallest absolute Gasteiger partial charge is 0.169 e. The van der Waals surface area contributed by atoms with E-state index < -0.39 is 0 Å². The molecule has 29 heavy (non-hydrogen) atoms. The van der Waals surface area contributed by atoms with Gasteiger partial charge in [0, 0.05) is 24.0 Å². The predicted molar refractivity (Wildman–Crippen MR) is 117 cm³/mol. The molecule has 5 nitrogen and oxygen atoms in total. The molecule has 1 heterocycles. The van der Waals surface area contributed by atoms with Gasteiger partial charge in [-0.1, -0.05) is 38.4 Å². The van der Waals surface area contributed by atoms with Crippen LogP contribution in [-0.2, 0) is 4.74 Å². The van der Waals surface area contributed by atoms with Gasteiger partial charge >= 0.3 is 0 Å². The molecule has 0 bridgehead atoms. The summed E-state index contributed by atoms with van der Waals surface area (Å²) in [7, 11) is 3.20. The fourth-order valence-corrected chi connectivity index (χ4v) is 2.79. The Kier molecular flexibility index (Phi) is 8.55. The number of halogens is 1. The van der Waals surface area contributed by atoms with Crippen molar-refractivity contribution >= 4 is 17.7 Å². The lowest BCUT2D eigenvalue weighted by molar-refractivity contribution is 0.00142. The molecule has 0 N–H and O–H groups in total. The molecule has 0 spiro atoms. The summed E-state index contributed by atoms with van der Waals surface area (Å²) in [5.74, 6) is 2.45. The SMILES string of the molecule is COc1ccc(O/C(=C/c2cccnc2)C(OC/C=C/Cl)C(C)(C)C)c(OC)c1. The van der Waals surface area contributed by atoms with Gasteiger partial charge in [0.25, 0.3) is 0 Å². The van der Waals surface area contributed by atoms with Crippen LogP contribution in [0.2, 0.25) is 0 Å². The second kappa shape index (κ2) is 10.9. The molecule has 0 saturated heterocycles. The van der Waals surface area contributed by atoms with E-state index >= 15 is 0 Å². The number of benzene rings is 1. The van der Waals surface area contributed by atoms with Gasteiger partial charge in [-0.15, -0.1) is 0 Å². The Morgan fingerprint density at radius 2 is 1.93 bits per heavy atom. The number of hydrogen-bond donors (Lipinski definition) is 0. The summed E-state index contributed by atoms with van der Waals surface area (Å²) in [4.78, 5) is 4.19. The van der Waals surface area contributed by atoms with Crippen molar-refractivity contribution in [2.45, 2.75) is 26.9 Å². The topological polar surface area (TPSA) is 49.8 Å². The number of methoxy groups -OCH3 is 2. The van der Waals surface area contributed by atoms with E-state index in [4.69, 9.17) is 30.5 Å². The molecule has 6 heteroatoms. The van der Waals surface area contributed by atoms with E-state index in [9.17, 15) is 0 Å². The Morgan fingerprint density at radius 3 is 2.52 bits per heavy atom. The maximum atomic E-state index is 6.33. The van der Waals surface area contributed by atoms with Crippen LogP contribution in [-0.4, -0.2) is 31.9 Å². The second-order valence-corrected chi connectivity index (χ2v) is 7.64. The molecule has 0 aliphatic rings. The minimum atomic E-state index is -0.345. The Balaban J connectivity index is 2.48. The standard InChI is InChI=1S/C23H28ClNO4/c1-23(2,3)22(28-13-7-11-24)21(14-17-8-6-12-25-16-17)29-19-10-9-18(26-4)15-20(19)27-5/h6-12,14-16,22H,13H2,1-5H3/b11-7+,21-14+. The first-order valence-electron chi connectivity index (χ1n) is 9.27. The van der Waals surface area contributed by atoms with Crippen LogP contribution in [0, 0.1) is 5.41 Å². The number of nitrogens with zero attached hydrogens (tertiary/aromatic N) is 1. The average Bonchev–Trinajstić information content (AvgIpc) is 2.71. The van der Waals surface area contributed by atoms with Gasteiger partial charge in [0.2, 0.25) is 0 Å². The van der Waals surface area contributed by atoms with Crippen molar-refractivity contribution < 1.29 is 18.9 Å². The highest BCUT2D eigenvalue weighted by Gasteiger charge is 2.31. The molecule has 0 aliphatic heterocycles. The third-order valence-electron chi connectivity index (χ3n) is 4.09. The molecular formula is C23H28ClNO4. The van der Waals surface area contributed by atoms with Gasteiger partial charge in [-0.05, 0) is 41.3 Å². The molecule has 1 aromatic heterocycles. The first-order chi connectivity index (χ1) is 13.9. The van der Waals surface area contributed by atoms with E-state index in [0.29, 0.717) is 29.6 Å². The number of rotatable bonds is 9. The minimum absolute atomic E-state index is 0.242. The van der Waals surface area contributed by atoms with Gasteiger partial charge < -0.3 is 18.9 Å². The average molecular weight is 418 g/mol. The number of pyridine rings is 1. The zero-order chi connectivity index (χ0) is 21.3. The second-order valence-electron chi connectivity index (χ2n) is 7.39. The lowest BCUT2D eigenvalue weighted by atomic mass is 9.87. The summed E-state index contributed by atoms with van der Waals surface area (Å²) in [6.45, 7) is 6.63. The molecule has 2 aromatic rings. The summed E-state index contributed by atoms with van der Waals surface area (Å²) in [6.07, 6.45) is 6.83. The van der Waals surface area contributed by atoms with Crippen LogP contribution < -0.4 is 14.2 Å². The molecule has 0 radical (unpaired) electrons. The first-order valence-corrected chi connectivity index (χ1v) is 9.71. The molecule has 1 aromatic carbocycles. The molecule has 0 aliphatic carbocycles. The van der Waals surface area contributed by atoms with Crippen molar-refractivity contribution in [1.29, 1.82) is 0 Å². The number of aromatic nitrogens is 1. The summed E-state index contributed by atoms with van der Waals surface area (Å²) in [5.41, 5.74) is 2.10. The van der Waals surface area contributed by atoms with Crippen molar-refractivity contribution in [3.8, 4) is 17.2 Å². The van der Waals surface area contributed by atoms with Crippen molar-refractivity contribution in [3.63, 3.8) is 0 Å². The van der Waals surface area contributed by atoms with E-state index in [-0.39, 0.29) is 11.5 Å². The van der Waals surface area contributed by atoms with Crippen LogP contribution in [0.4, 0.5) is 0 Å². The fraction of sp³-hybridized carbons (Fsp3) is 0.348.